The number of imidazole rings is 1. The van der Waals surface area contributed by atoms with Crippen molar-refractivity contribution < 1.29 is 17.9 Å². The number of aryl methyl sites for hydroxylation is 1. The maximum atomic E-state index is 12.6. The molecular formula is C11H15F3N2O. The van der Waals surface area contributed by atoms with Gasteiger partial charge in [0.2, 0.25) is 0 Å². The van der Waals surface area contributed by atoms with Gasteiger partial charge in [0.05, 0.1) is 0 Å². The lowest BCUT2D eigenvalue weighted by molar-refractivity contribution is -0.141. The third-order valence-corrected chi connectivity index (χ3v) is 3.00. The second-order valence-electron chi connectivity index (χ2n) is 4.14. The van der Waals surface area contributed by atoms with Gasteiger partial charge in [-0.2, -0.15) is 13.2 Å². The van der Waals surface area contributed by atoms with E-state index in [2.05, 4.69) is 4.98 Å². The van der Waals surface area contributed by atoms with Crippen LogP contribution in [0.25, 0.3) is 0 Å². The molecule has 0 bridgehead atoms. The molecule has 96 valence electrons. The van der Waals surface area contributed by atoms with Gasteiger partial charge in [-0.25, -0.2) is 4.98 Å². The highest BCUT2D eigenvalue weighted by atomic mass is 19.4. The molecule has 1 saturated heterocycles. The zero-order valence-corrected chi connectivity index (χ0v) is 9.63. The maximum absolute atomic E-state index is 12.6. The first-order chi connectivity index (χ1) is 8.02. The van der Waals surface area contributed by atoms with Gasteiger partial charge in [0.25, 0.3) is 0 Å². The van der Waals surface area contributed by atoms with Gasteiger partial charge >= 0.3 is 6.18 Å². The SMILES string of the molecule is CCc1nc(C(F)(F)F)cn1C1CCOCC1. The topological polar surface area (TPSA) is 27.1 Å². The molecule has 0 aromatic carbocycles. The van der Waals surface area contributed by atoms with Crippen molar-refractivity contribution in [3.05, 3.63) is 17.7 Å². The third kappa shape index (κ3) is 2.62. The molecule has 0 aliphatic carbocycles. The molecule has 2 heterocycles. The molecule has 1 aromatic heterocycles. The van der Waals surface area contributed by atoms with Gasteiger partial charge < -0.3 is 9.30 Å². The van der Waals surface area contributed by atoms with E-state index in [1.807, 2.05) is 6.92 Å². The van der Waals surface area contributed by atoms with Gasteiger partial charge in [0, 0.05) is 31.9 Å². The van der Waals surface area contributed by atoms with E-state index in [0.717, 1.165) is 19.0 Å². The van der Waals surface area contributed by atoms with Crippen molar-refractivity contribution >= 4 is 0 Å². The quantitative estimate of drug-likeness (QED) is 0.804. The minimum Gasteiger partial charge on any atom is -0.381 e. The minimum atomic E-state index is -4.36. The summed E-state index contributed by atoms with van der Waals surface area (Å²) in [4.78, 5) is 3.67. The van der Waals surface area contributed by atoms with Crippen LogP contribution in [0.1, 0.15) is 37.3 Å². The average Bonchev–Trinajstić information content (AvgIpc) is 2.73. The van der Waals surface area contributed by atoms with E-state index in [1.165, 1.54) is 0 Å². The van der Waals surface area contributed by atoms with Crippen LogP contribution in [-0.2, 0) is 17.3 Å². The fourth-order valence-electron chi connectivity index (χ4n) is 2.11. The normalized spacial score (nSPS) is 18.6. The summed E-state index contributed by atoms with van der Waals surface area (Å²) in [6.07, 6.45) is -1.22. The number of rotatable bonds is 2. The van der Waals surface area contributed by atoms with E-state index < -0.39 is 11.9 Å². The zero-order valence-electron chi connectivity index (χ0n) is 9.63. The second kappa shape index (κ2) is 4.68. The Morgan fingerprint density at radius 1 is 1.41 bits per heavy atom. The van der Waals surface area contributed by atoms with Crippen molar-refractivity contribution in [1.82, 2.24) is 9.55 Å². The maximum Gasteiger partial charge on any atom is 0.434 e. The molecule has 3 nitrogen and oxygen atoms in total. The summed E-state index contributed by atoms with van der Waals surface area (Å²) in [7, 11) is 0. The monoisotopic (exact) mass is 248 g/mol. The predicted molar refractivity (Wildman–Crippen MR) is 55.7 cm³/mol. The Morgan fingerprint density at radius 3 is 2.59 bits per heavy atom. The van der Waals surface area contributed by atoms with Crippen LogP contribution in [0.2, 0.25) is 0 Å². The standard InChI is InChI=1S/C11H15F3N2O/c1-2-10-15-9(11(12,13)14)7-16(10)8-3-5-17-6-4-8/h7-8H,2-6H2,1H3. The Morgan fingerprint density at radius 2 is 2.06 bits per heavy atom. The van der Waals surface area contributed by atoms with Crippen LogP contribution >= 0.6 is 0 Å². The molecule has 1 aliphatic rings. The van der Waals surface area contributed by atoms with Gasteiger partial charge in [-0.1, -0.05) is 6.92 Å². The Bertz CT molecular complexity index is 381. The summed E-state index contributed by atoms with van der Waals surface area (Å²) >= 11 is 0. The molecule has 1 aromatic rings. The molecule has 1 fully saturated rings. The first-order valence-electron chi connectivity index (χ1n) is 5.75. The van der Waals surface area contributed by atoms with E-state index in [0.29, 0.717) is 25.5 Å². The van der Waals surface area contributed by atoms with E-state index in [1.54, 1.807) is 4.57 Å². The number of alkyl halides is 3. The number of ether oxygens (including phenoxy) is 1. The summed E-state index contributed by atoms with van der Waals surface area (Å²) in [6, 6.07) is 0.0855. The highest BCUT2D eigenvalue weighted by Crippen LogP contribution is 2.31. The average molecular weight is 248 g/mol. The molecule has 0 spiro atoms. The fourth-order valence-corrected chi connectivity index (χ4v) is 2.11. The van der Waals surface area contributed by atoms with Crippen LogP contribution in [0.4, 0.5) is 13.2 Å². The molecule has 0 N–H and O–H groups in total. The molecule has 17 heavy (non-hydrogen) atoms. The molecule has 2 rings (SSSR count). The number of halogens is 3. The van der Waals surface area contributed by atoms with Crippen molar-refractivity contribution in [3.63, 3.8) is 0 Å². The summed E-state index contributed by atoms with van der Waals surface area (Å²) < 4.78 is 44.6. The molecular weight excluding hydrogens is 233 g/mol. The largest absolute Gasteiger partial charge is 0.434 e. The molecule has 0 radical (unpaired) electrons. The molecule has 6 heteroatoms. The van der Waals surface area contributed by atoms with E-state index in [-0.39, 0.29) is 6.04 Å². The lowest BCUT2D eigenvalue weighted by atomic mass is 10.1. The Labute approximate surface area is 97.6 Å². The molecule has 0 atom stereocenters. The lowest BCUT2D eigenvalue weighted by Gasteiger charge is -2.24. The van der Waals surface area contributed by atoms with Crippen LogP contribution in [0.15, 0.2) is 6.20 Å². The van der Waals surface area contributed by atoms with Crippen molar-refractivity contribution in [2.24, 2.45) is 0 Å². The Kier molecular flexibility index (Phi) is 3.42. The molecule has 0 unspecified atom stereocenters. The van der Waals surface area contributed by atoms with E-state index in [4.69, 9.17) is 4.74 Å². The van der Waals surface area contributed by atoms with Gasteiger partial charge in [0.15, 0.2) is 5.69 Å². The van der Waals surface area contributed by atoms with E-state index in [9.17, 15) is 13.2 Å². The van der Waals surface area contributed by atoms with Crippen LogP contribution in [-0.4, -0.2) is 22.8 Å². The van der Waals surface area contributed by atoms with Crippen LogP contribution < -0.4 is 0 Å². The Balaban J connectivity index is 2.28. The van der Waals surface area contributed by atoms with Crippen molar-refractivity contribution in [2.75, 3.05) is 13.2 Å². The molecule has 0 amide bonds. The fraction of sp³-hybridized carbons (Fsp3) is 0.727. The van der Waals surface area contributed by atoms with E-state index >= 15 is 0 Å². The lowest BCUT2D eigenvalue weighted by Crippen LogP contribution is -2.20. The number of hydrogen-bond acceptors (Lipinski definition) is 2. The van der Waals surface area contributed by atoms with Gasteiger partial charge in [0.1, 0.15) is 5.82 Å². The smallest absolute Gasteiger partial charge is 0.381 e. The van der Waals surface area contributed by atoms with Gasteiger partial charge in [-0.3, -0.25) is 0 Å². The van der Waals surface area contributed by atoms with Crippen molar-refractivity contribution in [2.45, 2.75) is 38.4 Å². The summed E-state index contributed by atoms with van der Waals surface area (Å²) in [5, 5.41) is 0. The Hall–Kier alpha value is -1.04. The number of nitrogens with zero attached hydrogens (tertiary/aromatic N) is 2. The first-order valence-corrected chi connectivity index (χ1v) is 5.75. The minimum absolute atomic E-state index is 0.0855. The van der Waals surface area contributed by atoms with Crippen molar-refractivity contribution in [3.8, 4) is 0 Å². The molecule has 0 saturated carbocycles. The summed E-state index contributed by atoms with van der Waals surface area (Å²) in [5.41, 5.74) is -0.791. The van der Waals surface area contributed by atoms with Crippen molar-refractivity contribution in [1.29, 1.82) is 0 Å². The van der Waals surface area contributed by atoms with Crippen LogP contribution in [0, 0.1) is 0 Å². The summed E-state index contributed by atoms with van der Waals surface area (Å²) in [6.45, 7) is 3.03. The van der Waals surface area contributed by atoms with Crippen LogP contribution in [0.5, 0.6) is 0 Å². The molecule has 1 aliphatic heterocycles. The first kappa shape index (κ1) is 12.4. The van der Waals surface area contributed by atoms with Crippen LogP contribution in [0.3, 0.4) is 0 Å². The van der Waals surface area contributed by atoms with Gasteiger partial charge in [-0.05, 0) is 12.8 Å². The second-order valence-corrected chi connectivity index (χ2v) is 4.14. The zero-order chi connectivity index (χ0) is 12.5. The predicted octanol–water partition coefficient (Wildman–Crippen LogP) is 2.82. The highest BCUT2D eigenvalue weighted by molar-refractivity contribution is 5.09. The third-order valence-electron chi connectivity index (χ3n) is 3.00. The highest BCUT2D eigenvalue weighted by Gasteiger charge is 2.35. The number of aromatic nitrogens is 2. The van der Waals surface area contributed by atoms with Gasteiger partial charge in [-0.15, -0.1) is 0 Å². The number of hydrogen-bond donors (Lipinski definition) is 0. The summed E-state index contributed by atoms with van der Waals surface area (Å²) in [5.74, 6) is 0.504.